The maximum absolute atomic E-state index is 12.1. The third kappa shape index (κ3) is 3.90. The van der Waals surface area contributed by atoms with E-state index in [1.54, 1.807) is 18.2 Å². The first-order chi connectivity index (χ1) is 10.0. The molecule has 0 radical (unpaired) electrons. The van der Waals surface area contributed by atoms with Crippen LogP contribution < -0.4 is 4.72 Å². The molecule has 0 spiro atoms. The Morgan fingerprint density at radius 3 is 2.62 bits per heavy atom. The Hall–Kier alpha value is -2.18. The van der Waals surface area contributed by atoms with Gasteiger partial charge in [-0.15, -0.1) is 0 Å². The van der Waals surface area contributed by atoms with Crippen LogP contribution in [0.4, 0.5) is 0 Å². The van der Waals surface area contributed by atoms with Gasteiger partial charge in [0.1, 0.15) is 6.61 Å². The van der Waals surface area contributed by atoms with Crippen molar-refractivity contribution in [2.45, 2.75) is 4.90 Å². The zero-order valence-electron chi connectivity index (χ0n) is 11.3. The standard InChI is InChI=1S/C15H15NO4S/c1-2-15(17)20-10-9-16-21(18,19)14-8-7-12-5-3-4-6-13(12)11-14/h2-8,11,16H,1,9-10H2. The molecule has 0 amide bonds. The van der Waals surface area contributed by atoms with E-state index in [4.69, 9.17) is 4.74 Å². The highest BCUT2D eigenvalue weighted by molar-refractivity contribution is 7.89. The lowest BCUT2D eigenvalue weighted by atomic mass is 10.1. The van der Waals surface area contributed by atoms with Gasteiger partial charge in [-0.1, -0.05) is 36.9 Å². The highest BCUT2D eigenvalue weighted by atomic mass is 32.2. The smallest absolute Gasteiger partial charge is 0.330 e. The van der Waals surface area contributed by atoms with Crippen molar-refractivity contribution in [1.82, 2.24) is 4.72 Å². The maximum Gasteiger partial charge on any atom is 0.330 e. The molecule has 0 aliphatic heterocycles. The Morgan fingerprint density at radius 2 is 1.90 bits per heavy atom. The minimum atomic E-state index is -3.62. The molecule has 0 heterocycles. The van der Waals surface area contributed by atoms with Crippen LogP contribution in [-0.4, -0.2) is 27.5 Å². The molecule has 2 aromatic rings. The lowest BCUT2D eigenvalue weighted by molar-refractivity contribution is -0.137. The van der Waals surface area contributed by atoms with Crippen LogP contribution in [0.25, 0.3) is 10.8 Å². The summed E-state index contributed by atoms with van der Waals surface area (Å²) in [6, 6.07) is 12.4. The number of carbonyl (C=O) groups is 1. The Kier molecular flexibility index (Phi) is 4.72. The number of nitrogens with one attached hydrogen (secondary N) is 1. The van der Waals surface area contributed by atoms with Crippen molar-refractivity contribution in [3.05, 3.63) is 55.1 Å². The van der Waals surface area contributed by atoms with E-state index in [-0.39, 0.29) is 18.0 Å². The van der Waals surface area contributed by atoms with E-state index in [0.717, 1.165) is 16.8 Å². The van der Waals surface area contributed by atoms with Crippen molar-refractivity contribution in [3.8, 4) is 0 Å². The molecule has 0 bridgehead atoms. The molecule has 0 aromatic heterocycles. The third-order valence-electron chi connectivity index (χ3n) is 2.84. The Morgan fingerprint density at radius 1 is 1.19 bits per heavy atom. The van der Waals surface area contributed by atoms with Gasteiger partial charge in [0.2, 0.25) is 10.0 Å². The lowest BCUT2D eigenvalue weighted by Crippen LogP contribution is -2.28. The molecule has 0 unspecified atom stereocenters. The number of ether oxygens (including phenoxy) is 1. The van der Waals surface area contributed by atoms with Gasteiger partial charge in [-0.3, -0.25) is 0 Å². The van der Waals surface area contributed by atoms with Gasteiger partial charge in [0, 0.05) is 12.6 Å². The maximum atomic E-state index is 12.1. The first-order valence-corrected chi connectivity index (χ1v) is 7.79. The molecule has 0 fully saturated rings. The van der Waals surface area contributed by atoms with Crippen LogP contribution in [0.5, 0.6) is 0 Å². The number of benzene rings is 2. The van der Waals surface area contributed by atoms with Crippen LogP contribution in [0.1, 0.15) is 0 Å². The van der Waals surface area contributed by atoms with Gasteiger partial charge in [-0.25, -0.2) is 17.9 Å². The minimum absolute atomic E-state index is 0.00867. The predicted octanol–water partition coefficient (Wildman–Crippen LogP) is 1.85. The summed E-state index contributed by atoms with van der Waals surface area (Å²) >= 11 is 0. The monoisotopic (exact) mass is 305 g/mol. The summed E-state index contributed by atoms with van der Waals surface area (Å²) < 4.78 is 31.3. The molecule has 5 nitrogen and oxygen atoms in total. The van der Waals surface area contributed by atoms with Crippen LogP contribution >= 0.6 is 0 Å². The fraction of sp³-hybridized carbons (Fsp3) is 0.133. The first-order valence-electron chi connectivity index (χ1n) is 6.30. The number of carbonyl (C=O) groups excluding carboxylic acids is 1. The van der Waals surface area contributed by atoms with Crippen LogP contribution in [0.2, 0.25) is 0 Å². The molecule has 2 aromatic carbocycles. The van der Waals surface area contributed by atoms with Gasteiger partial charge in [-0.05, 0) is 22.9 Å². The average Bonchev–Trinajstić information content (AvgIpc) is 2.50. The van der Waals surface area contributed by atoms with E-state index in [1.807, 2.05) is 24.3 Å². The van der Waals surface area contributed by atoms with Crippen molar-refractivity contribution in [3.63, 3.8) is 0 Å². The Balaban J connectivity index is 2.07. The highest BCUT2D eigenvalue weighted by Crippen LogP contribution is 2.18. The number of fused-ring (bicyclic) bond motifs is 1. The highest BCUT2D eigenvalue weighted by Gasteiger charge is 2.13. The van der Waals surface area contributed by atoms with E-state index < -0.39 is 16.0 Å². The molecular weight excluding hydrogens is 290 g/mol. The second kappa shape index (κ2) is 6.51. The quantitative estimate of drug-likeness (QED) is 0.502. The van der Waals surface area contributed by atoms with Crippen LogP contribution in [0.15, 0.2) is 60.0 Å². The molecule has 2 rings (SSSR count). The van der Waals surface area contributed by atoms with Gasteiger partial charge in [0.25, 0.3) is 0 Å². The van der Waals surface area contributed by atoms with Crippen molar-refractivity contribution < 1.29 is 17.9 Å². The van der Waals surface area contributed by atoms with Crippen molar-refractivity contribution in [2.24, 2.45) is 0 Å². The molecule has 6 heteroatoms. The Labute approximate surface area is 123 Å². The third-order valence-corrected chi connectivity index (χ3v) is 4.30. The van der Waals surface area contributed by atoms with E-state index in [1.165, 1.54) is 0 Å². The number of sulfonamides is 1. The van der Waals surface area contributed by atoms with Crippen LogP contribution in [0.3, 0.4) is 0 Å². The lowest BCUT2D eigenvalue weighted by Gasteiger charge is -2.08. The normalized spacial score (nSPS) is 11.2. The van der Waals surface area contributed by atoms with Crippen molar-refractivity contribution >= 4 is 26.8 Å². The second-order valence-electron chi connectivity index (χ2n) is 4.28. The summed E-state index contributed by atoms with van der Waals surface area (Å²) in [5.41, 5.74) is 0. The van der Waals surface area contributed by atoms with Crippen molar-refractivity contribution in [2.75, 3.05) is 13.2 Å². The minimum Gasteiger partial charge on any atom is -0.461 e. The fourth-order valence-corrected chi connectivity index (χ4v) is 2.85. The summed E-state index contributed by atoms with van der Waals surface area (Å²) in [4.78, 5) is 11.0. The molecule has 0 atom stereocenters. The molecule has 0 saturated heterocycles. The van der Waals surface area contributed by atoms with E-state index in [9.17, 15) is 13.2 Å². The summed E-state index contributed by atoms with van der Waals surface area (Å²) in [7, 11) is -3.62. The summed E-state index contributed by atoms with van der Waals surface area (Å²) in [5.74, 6) is -0.583. The number of esters is 1. The van der Waals surface area contributed by atoms with Gasteiger partial charge < -0.3 is 4.74 Å². The summed E-state index contributed by atoms with van der Waals surface area (Å²) in [6.45, 7) is 3.22. The van der Waals surface area contributed by atoms with Gasteiger partial charge in [0.15, 0.2) is 0 Å². The van der Waals surface area contributed by atoms with Gasteiger partial charge >= 0.3 is 5.97 Å². The summed E-state index contributed by atoms with van der Waals surface area (Å²) in [6.07, 6.45) is 1.03. The van der Waals surface area contributed by atoms with E-state index in [0.29, 0.717) is 0 Å². The molecule has 0 saturated carbocycles. The molecule has 0 aliphatic carbocycles. The summed E-state index contributed by atoms with van der Waals surface area (Å²) in [5, 5.41) is 1.81. The molecule has 110 valence electrons. The van der Waals surface area contributed by atoms with Gasteiger partial charge in [-0.2, -0.15) is 0 Å². The number of rotatable bonds is 6. The Bertz CT molecular complexity index is 768. The second-order valence-corrected chi connectivity index (χ2v) is 6.05. The van der Waals surface area contributed by atoms with Crippen LogP contribution in [-0.2, 0) is 19.6 Å². The zero-order chi connectivity index (χ0) is 15.3. The van der Waals surface area contributed by atoms with Gasteiger partial charge in [0.05, 0.1) is 4.90 Å². The largest absolute Gasteiger partial charge is 0.461 e. The van der Waals surface area contributed by atoms with E-state index in [2.05, 4.69) is 11.3 Å². The molecule has 1 N–H and O–H groups in total. The average molecular weight is 305 g/mol. The SMILES string of the molecule is C=CC(=O)OCCNS(=O)(=O)c1ccc2ccccc2c1. The van der Waals surface area contributed by atoms with Crippen LogP contribution in [0, 0.1) is 0 Å². The first kappa shape index (κ1) is 15.2. The molecule has 21 heavy (non-hydrogen) atoms. The van der Waals surface area contributed by atoms with Crippen molar-refractivity contribution in [1.29, 1.82) is 0 Å². The zero-order valence-corrected chi connectivity index (χ0v) is 12.1. The van der Waals surface area contributed by atoms with E-state index >= 15 is 0 Å². The fourth-order valence-electron chi connectivity index (χ4n) is 1.80. The number of hydrogen-bond donors (Lipinski definition) is 1. The molecule has 0 aliphatic rings. The molecular formula is C15H15NO4S. The topological polar surface area (TPSA) is 72.5 Å². The predicted molar refractivity (Wildman–Crippen MR) is 80.3 cm³/mol. The number of hydrogen-bond acceptors (Lipinski definition) is 4.